The lowest BCUT2D eigenvalue weighted by Crippen LogP contribution is -2.32. The van der Waals surface area contributed by atoms with E-state index in [9.17, 15) is 9.59 Å². The number of ketones is 1. The molecule has 0 heterocycles. The molecule has 0 aromatic carbocycles. The molecule has 3 nitrogen and oxygen atoms in total. The Morgan fingerprint density at radius 1 is 1.40 bits per heavy atom. The molecule has 0 radical (unpaired) electrons. The number of Topliss-reactive ketones (excluding diaryl/α,β-unsaturated/α-hetero) is 1. The van der Waals surface area contributed by atoms with Crippen LogP contribution >= 0.6 is 0 Å². The Bertz CT molecular complexity index is 285. The average Bonchev–Trinajstić information content (AvgIpc) is 2.67. The van der Waals surface area contributed by atoms with Gasteiger partial charge < -0.3 is 4.74 Å². The van der Waals surface area contributed by atoms with E-state index in [1.54, 1.807) is 0 Å². The van der Waals surface area contributed by atoms with Gasteiger partial charge in [-0.3, -0.25) is 9.59 Å². The summed E-state index contributed by atoms with van der Waals surface area (Å²) in [6.07, 6.45) is 6.33. The lowest BCUT2D eigenvalue weighted by atomic mass is 9.71. The fourth-order valence-electron chi connectivity index (χ4n) is 3.13. The molecule has 0 bridgehead atoms. The molecule has 0 amide bonds. The average molecular weight is 210 g/mol. The van der Waals surface area contributed by atoms with Gasteiger partial charge in [0.2, 0.25) is 0 Å². The van der Waals surface area contributed by atoms with Crippen molar-refractivity contribution in [1.82, 2.24) is 0 Å². The van der Waals surface area contributed by atoms with Crippen LogP contribution in [0.25, 0.3) is 0 Å². The Balaban J connectivity index is 2.06. The zero-order valence-corrected chi connectivity index (χ0v) is 9.25. The van der Waals surface area contributed by atoms with Crippen molar-refractivity contribution in [2.45, 2.75) is 44.9 Å². The van der Waals surface area contributed by atoms with Gasteiger partial charge in [0.05, 0.1) is 13.0 Å². The number of ether oxygens (including phenoxy) is 1. The first kappa shape index (κ1) is 10.7. The summed E-state index contributed by atoms with van der Waals surface area (Å²) < 4.78 is 4.75. The number of methoxy groups -OCH3 is 1. The lowest BCUT2D eigenvalue weighted by Gasteiger charge is -2.31. The molecule has 2 atom stereocenters. The fraction of sp³-hybridized carbons (Fsp3) is 0.833. The first-order chi connectivity index (χ1) is 7.18. The summed E-state index contributed by atoms with van der Waals surface area (Å²) in [6.45, 7) is 0. The largest absolute Gasteiger partial charge is 0.469 e. The maximum atomic E-state index is 11.9. The van der Waals surface area contributed by atoms with E-state index in [1.165, 1.54) is 7.11 Å². The predicted molar refractivity (Wildman–Crippen MR) is 55.3 cm³/mol. The minimum absolute atomic E-state index is 0.0305. The maximum Gasteiger partial charge on any atom is 0.308 e. The van der Waals surface area contributed by atoms with Crippen molar-refractivity contribution < 1.29 is 14.3 Å². The van der Waals surface area contributed by atoms with Crippen LogP contribution in [-0.2, 0) is 14.3 Å². The Morgan fingerprint density at radius 2 is 2.20 bits per heavy atom. The summed E-state index contributed by atoms with van der Waals surface area (Å²) in [5.74, 6) is 0.224. The van der Waals surface area contributed by atoms with Crippen molar-refractivity contribution >= 4 is 11.8 Å². The molecule has 3 heteroatoms. The highest BCUT2D eigenvalue weighted by atomic mass is 16.5. The molecule has 0 aromatic rings. The summed E-state index contributed by atoms with van der Waals surface area (Å²) in [5, 5.41) is 0. The predicted octanol–water partition coefficient (Wildman–Crippen LogP) is 2.09. The standard InChI is InChI=1S/C12H18O3/c1-15-11(14)9-5-7-12(8-9)6-3-2-4-10(12)13/h9H,2-8H2,1H3. The third-order valence-corrected chi connectivity index (χ3v) is 4.04. The molecule has 15 heavy (non-hydrogen) atoms. The molecule has 2 unspecified atom stereocenters. The third kappa shape index (κ3) is 1.80. The second kappa shape index (κ2) is 3.95. The van der Waals surface area contributed by atoms with E-state index >= 15 is 0 Å². The summed E-state index contributed by atoms with van der Waals surface area (Å²) >= 11 is 0. The molecule has 0 saturated heterocycles. The van der Waals surface area contributed by atoms with E-state index in [0.717, 1.165) is 38.5 Å². The summed E-state index contributed by atoms with van der Waals surface area (Å²) in [4.78, 5) is 23.3. The molecular formula is C12H18O3. The number of hydrogen-bond donors (Lipinski definition) is 0. The van der Waals surface area contributed by atoms with E-state index in [0.29, 0.717) is 12.2 Å². The summed E-state index contributed by atoms with van der Waals surface area (Å²) in [6, 6.07) is 0. The van der Waals surface area contributed by atoms with Gasteiger partial charge in [-0.15, -0.1) is 0 Å². The van der Waals surface area contributed by atoms with Crippen LogP contribution < -0.4 is 0 Å². The van der Waals surface area contributed by atoms with Gasteiger partial charge in [0.1, 0.15) is 5.78 Å². The Hall–Kier alpha value is -0.860. The lowest BCUT2D eigenvalue weighted by molar-refractivity contribution is -0.145. The molecular weight excluding hydrogens is 192 g/mol. The number of esters is 1. The minimum Gasteiger partial charge on any atom is -0.469 e. The van der Waals surface area contributed by atoms with Crippen LogP contribution in [0.4, 0.5) is 0 Å². The molecule has 2 rings (SSSR count). The van der Waals surface area contributed by atoms with Crippen molar-refractivity contribution in [3.63, 3.8) is 0 Å². The number of hydrogen-bond acceptors (Lipinski definition) is 3. The second-order valence-electron chi connectivity index (χ2n) is 4.87. The maximum absolute atomic E-state index is 11.9. The van der Waals surface area contributed by atoms with E-state index in [4.69, 9.17) is 4.74 Å². The number of carbonyl (C=O) groups excluding carboxylic acids is 2. The van der Waals surface area contributed by atoms with Crippen molar-refractivity contribution in [2.75, 3.05) is 7.11 Å². The molecule has 1 spiro atoms. The van der Waals surface area contributed by atoms with E-state index in [2.05, 4.69) is 0 Å². The second-order valence-corrected chi connectivity index (χ2v) is 4.87. The Labute approximate surface area is 90.2 Å². The first-order valence-corrected chi connectivity index (χ1v) is 5.79. The molecule has 0 aromatic heterocycles. The van der Waals surface area contributed by atoms with Gasteiger partial charge >= 0.3 is 5.97 Å². The highest BCUT2D eigenvalue weighted by Gasteiger charge is 2.47. The van der Waals surface area contributed by atoms with Crippen LogP contribution in [0.1, 0.15) is 44.9 Å². The van der Waals surface area contributed by atoms with Crippen LogP contribution in [0.3, 0.4) is 0 Å². The highest BCUT2D eigenvalue weighted by molar-refractivity contribution is 5.87. The monoisotopic (exact) mass is 210 g/mol. The fourth-order valence-corrected chi connectivity index (χ4v) is 3.13. The van der Waals surface area contributed by atoms with E-state index in [-0.39, 0.29) is 17.3 Å². The molecule has 84 valence electrons. The Kier molecular flexibility index (Phi) is 2.81. The zero-order chi connectivity index (χ0) is 10.9. The van der Waals surface area contributed by atoms with E-state index < -0.39 is 0 Å². The highest BCUT2D eigenvalue weighted by Crippen LogP contribution is 2.49. The third-order valence-electron chi connectivity index (χ3n) is 4.04. The van der Waals surface area contributed by atoms with Gasteiger partial charge in [0.15, 0.2) is 0 Å². The molecule has 2 aliphatic carbocycles. The quantitative estimate of drug-likeness (QED) is 0.622. The van der Waals surface area contributed by atoms with Crippen LogP contribution in [0, 0.1) is 11.3 Å². The molecule has 2 saturated carbocycles. The van der Waals surface area contributed by atoms with Crippen molar-refractivity contribution in [2.24, 2.45) is 11.3 Å². The van der Waals surface area contributed by atoms with Crippen LogP contribution in [0.5, 0.6) is 0 Å². The van der Waals surface area contributed by atoms with Crippen LogP contribution in [0.2, 0.25) is 0 Å². The molecule has 2 fully saturated rings. The van der Waals surface area contributed by atoms with Gasteiger partial charge in [-0.1, -0.05) is 6.42 Å². The van der Waals surface area contributed by atoms with Crippen molar-refractivity contribution in [3.8, 4) is 0 Å². The minimum atomic E-state index is -0.156. The molecule has 2 aliphatic rings. The van der Waals surface area contributed by atoms with Gasteiger partial charge in [-0.25, -0.2) is 0 Å². The van der Waals surface area contributed by atoms with Gasteiger partial charge in [-0.05, 0) is 32.1 Å². The summed E-state index contributed by atoms with van der Waals surface area (Å²) in [5.41, 5.74) is -0.156. The number of rotatable bonds is 1. The van der Waals surface area contributed by atoms with Gasteiger partial charge in [0.25, 0.3) is 0 Å². The van der Waals surface area contributed by atoms with Gasteiger partial charge in [0, 0.05) is 11.8 Å². The van der Waals surface area contributed by atoms with Gasteiger partial charge in [-0.2, -0.15) is 0 Å². The van der Waals surface area contributed by atoms with Crippen LogP contribution in [0.15, 0.2) is 0 Å². The first-order valence-electron chi connectivity index (χ1n) is 5.79. The topological polar surface area (TPSA) is 43.4 Å². The van der Waals surface area contributed by atoms with Crippen molar-refractivity contribution in [1.29, 1.82) is 0 Å². The van der Waals surface area contributed by atoms with E-state index in [1.807, 2.05) is 0 Å². The number of carbonyl (C=O) groups is 2. The summed E-state index contributed by atoms with van der Waals surface area (Å²) in [7, 11) is 1.43. The smallest absolute Gasteiger partial charge is 0.308 e. The zero-order valence-electron chi connectivity index (χ0n) is 9.25. The SMILES string of the molecule is COC(=O)C1CCC2(CCCCC2=O)C1. The normalized spacial score (nSPS) is 35.8. The molecule has 0 aliphatic heterocycles. The van der Waals surface area contributed by atoms with Crippen LogP contribution in [-0.4, -0.2) is 18.9 Å². The Morgan fingerprint density at radius 3 is 2.87 bits per heavy atom. The van der Waals surface area contributed by atoms with Crippen molar-refractivity contribution in [3.05, 3.63) is 0 Å². The molecule has 0 N–H and O–H groups in total.